The molecule has 0 bridgehead atoms. The van der Waals surface area contributed by atoms with Crippen LogP contribution in [-0.4, -0.2) is 10.2 Å². The largest absolute Gasteiger partial charge is 0.382 e. The van der Waals surface area contributed by atoms with E-state index in [-0.39, 0.29) is 0 Å². The summed E-state index contributed by atoms with van der Waals surface area (Å²) in [5.74, 6) is 1.01. The van der Waals surface area contributed by atoms with E-state index in [0.29, 0.717) is 16.7 Å². The van der Waals surface area contributed by atoms with Crippen LogP contribution < -0.4 is 11.1 Å². The van der Waals surface area contributed by atoms with Crippen LogP contribution in [0.4, 0.5) is 17.3 Å². The van der Waals surface area contributed by atoms with Crippen molar-refractivity contribution >= 4 is 44.9 Å². The predicted molar refractivity (Wildman–Crippen MR) is 68.9 cm³/mol. The summed E-state index contributed by atoms with van der Waals surface area (Å²) >= 11 is 9.28. The molecular weight excluding hydrogens is 291 g/mol. The quantitative estimate of drug-likeness (QED) is 0.893. The van der Waals surface area contributed by atoms with Crippen LogP contribution in [0.3, 0.4) is 0 Å². The predicted octanol–water partition coefficient (Wildman–Crippen LogP) is 3.22. The van der Waals surface area contributed by atoms with Crippen LogP contribution in [0.2, 0.25) is 5.02 Å². The molecule has 1 heterocycles. The van der Waals surface area contributed by atoms with Gasteiger partial charge >= 0.3 is 0 Å². The summed E-state index contributed by atoms with van der Waals surface area (Å²) in [5, 5.41) is 11.3. The highest BCUT2D eigenvalue weighted by Gasteiger charge is 2.00. The number of hydrogen-bond acceptors (Lipinski definition) is 4. The van der Waals surface area contributed by atoms with Gasteiger partial charge in [-0.2, -0.15) is 0 Å². The molecule has 0 atom stereocenters. The lowest BCUT2D eigenvalue weighted by Crippen LogP contribution is -1.97. The van der Waals surface area contributed by atoms with Gasteiger partial charge in [-0.1, -0.05) is 11.6 Å². The van der Waals surface area contributed by atoms with Gasteiger partial charge in [0.2, 0.25) is 0 Å². The third-order valence-electron chi connectivity index (χ3n) is 1.88. The Morgan fingerprint density at radius 2 is 2.00 bits per heavy atom. The monoisotopic (exact) mass is 298 g/mol. The van der Waals surface area contributed by atoms with Crippen LogP contribution in [0.1, 0.15) is 0 Å². The summed E-state index contributed by atoms with van der Waals surface area (Å²) in [4.78, 5) is 0. The molecule has 0 saturated carbocycles. The first-order chi connectivity index (χ1) is 7.65. The summed E-state index contributed by atoms with van der Waals surface area (Å²) in [6.45, 7) is 0. The Kier molecular flexibility index (Phi) is 3.26. The average Bonchev–Trinajstić information content (AvgIpc) is 2.27. The third kappa shape index (κ3) is 2.62. The standard InChI is InChI=1S/C10H8BrClN4/c11-7-2-1-6(5-8(7)12)14-10-4-3-9(13)15-16-10/h1-5H,(H2,13,15)(H,14,16). The van der Waals surface area contributed by atoms with E-state index < -0.39 is 0 Å². The SMILES string of the molecule is Nc1ccc(Nc2ccc(Br)c(Cl)c2)nn1. The van der Waals surface area contributed by atoms with Gasteiger partial charge < -0.3 is 11.1 Å². The van der Waals surface area contributed by atoms with Crippen molar-refractivity contribution in [1.29, 1.82) is 0 Å². The molecule has 0 aliphatic carbocycles. The maximum absolute atomic E-state index is 5.96. The number of halogens is 2. The zero-order valence-electron chi connectivity index (χ0n) is 8.11. The lowest BCUT2D eigenvalue weighted by Gasteiger charge is -2.05. The molecule has 0 aliphatic heterocycles. The smallest absolute Gasteiger partial charge is 0.153 e. The highest BCUT2D eigenvalue weighted by molar-refractivity contribution is 9.10. The lowest BCUT2D eigenvalue weighted by atomic mass is 10.3. The number of nitrogens with two attached hydrogens (primary N) is 1. The molecule has 1 aromatic heterocycles. The number of aromatic nitrogens is 2. The highest BCUT2D eigenvalue weighted by Crippen LogP contribution is 2.26. The Morgan fingerprint density at radius 3 is 2.62 bits per heavy atom. The summed E-state index contributed by atoms with van der Waals surface area (Å²) in [6, 6.07) is 8.96. The second-order valence-electron chi connectivity index (χ2n) is 3.10. The first-order valence-corrected chi connectivity index (χ1v) is 5.63. The number of nitrogen functional groups attached to an aromatic ring is 1. The molecule has 2 rings (SSSR count). The van der Waals surface area contributed by atoms with Gasteiger partial charge in [-0.25, -0.2) is 0 Å². The maximum Gasteiger partial charge on any atom is 0.153 e. The molecule has 16 heavy (non-hydrogen) atoms. The van der Waals surface area contributed by atoms with Crippen molar-refractivity contribution in [3.8, 4) is 0 Å². The van der Waals surface area contributed by atoms with E-state index in [2.05, 4.69) is 31.4 Å². The van der Waals surface area contributed by atoms with Crippen LogP contribution in [0.5, 0.6) is 0 Å². The first kappa shape index (κ1) is 11.2. The Morgan fingerprint density at radius 1 is 1.19 bits per heavy atom. The maximum atomic E-state index is 5.96. The molecule has 0 amide bonds. The minimum Gasteiger partial charge on any atom is -0.382 e. The van der Waals surface area contributed by atoms with Crippen LogP contribution in [0.15, 0.2) is 34.8 Å². The number of rotatable bonds is 2. The molecule has 0 fully saturated rings. The summed E-state index contributed by atoms with van der Waals surface area (Å²) in [5.41, 5.74) is 6.28. The van der Waals surface area contributed by atoms with Crippen LogP contribution in [0, 0.1) is 0 Å². The zero-order chi connectivity index (χ0) is 11.5. The van der Waals surface area contributed by atoms with Crippen LogP contribution in [-0.2, 0) is 0 Å². The van der Waals surface area contributed by atoms with Crippen LogP contribution >= 0.6 is 27.5 Å². The molecule has 0 spiro atoms. The molecule has 4 nitrogen and oxygen atoms in total. The highest BCUT2D eigenvalue weighted by atomic mass is 79.9. The Balaban J connectivity index is 2.20. The average molecular weight is 300 g/mol. The van der Waals surface area contributed by atoms with Gasteiger partial charge in [0.15, 0.2) is 5.82 Å². The fraction of sp³-hybridized carbons (Fsp3) is 0. The van der Waals surface area contributed by atoms with E-state index >= 15 is 0 Å². The van der Waals surface area contributed by atoms with E-state index in [0.717, 1.165) is 10.2 Å². The van der Waals surface area contributed by atoms with Crippen LogP contribution in [0.25, 0.3) is 0 Å². The fourth-order valence-electron chi connectivity index (χ4n) is 1.13. The summed E-state index contributed by atoms with van der Waals surface area (Å²) < 4.78 is 0.850. The Bertz CT molecular complexity index is 501. The third-order valence-corrected chi connectivity index (χ3v) is 3.11. The Hall–Kier alpha value is -1.33. The number of nitrogens with zero attached hydrogens (tertiary/aromatic N) is 2. The molecule has 0 radical (unpaired) electrons. The summed E-state index contributed by atoms with van der Waals surface area (Å²) in [7, 11) is 0. The van der Waals surface area contributed by atoms with Gasteiger partial charge in [0.05, 0.1) is 5.02 Å². The second kappa shape index (κ2) is 4.67. The number of hydrogen-bond donors (Lipinski definition) is 2. The molecule has 0 unspecified atom stereocenters. The van der Waals surface area contributed by atoms with Gasteiger partial charge in [-0.05, 0) is 46.3 Å². The number of anilines is 3. The Labute approximate surface area is 106 Å². The minimum absolute atomic E-state index is 0.388. The van der Waals surface area contributed by atoms with Crippen molar-refractivity contribution in [3.63, 3.8) is 0 Å². The first-order valence-electron chi connectivity index (χ1n) is 4.46. The van der Waals surface area contributed by atoms with E-state index in [1.807, 2.05) is 12.1 Å². The number of benzene rings is 1. The van der Waals surface area contributed by atoms with Gasteiger partial charge in [-0.15, -0.1) is 10.2 Å². The minimum atomic E-state index is 0.388. The molecule has 0 aliphatic rings. The van der Waals surface area contributed by atoms with Gasteiger partial charge in [0.25, 0.3) is 0 Å². The molecule has 82 valence electrons. The normalized spacial score (nSPS) is 10.1. The van der Waals surface area contributed by atoms with Crippen molar-refractivity contribution < 1.29 is 0 Å². The van der Waals surface area contributed by atoms with E-state index in [9.17, 15) is 0 Å². The molecule has 6 heteroatoms. The lowest BCUT2D eigenvalue weighted by molar-refractivity contribution is 1.05. The van der Waals surface area contributed by atoms with Crippen molar-refractivity contribution in [1.82, 2.24) is 10.2 Å². The summed E-state index contributed by atoms with van der Waals surface area (Å²) in [6.07, 6.45) is 0. The zero-order valence-corrected chi connectivity index (χ0v) is 10.5. The van der Waals surface area contributed by atoms with Crippen molar-refractivity contribution in [2.24, 2.45) is 0 Å². The fourth-order valence-corrected chi connectivity index (χ4v) is 1.56. The van der Waals surface area contributed by atoms with Crippen molar-refractivity contribution in [3.05, 3.63) is 39.8 Å². The second-order valence-corrected chi connectivity index (χ2v) is 4.36. The molecule has 0 saturated heterocycles. The van der Waals surface area contributed by atoms with Gasteiger partial charge in [0.1, 0.15) is 5.82 Å². The molecule has 2 aromatic rings. The van der Waals surface area contributed by atoms with Gasteiger partial charge in [-0.3, -0.25) is 0 Å². The van der Waals surface area contributed by atoms with E-state index in [1.165, 1.54) is 0 Å². The molecule has 3 N–H and O–H groups in total. The molecular formula is C10H8BrClN4. The van der Waals surface area contributed by atoms with E-state index in [4.69, 9.17) is 17.3 Å². The van der Waals surface area contributed by atoms with E-state index in [1.54, 1.807) is 18.2 Å². The molecule has 1 aromatic carbocycles. The number of nitrogens with one attached hydrogen (secondary N) is 1. The topological polar surface area (TPSA) is 63.8 Å². The van der Waals surface area contributed by atoms with Crippen molar-refractivity contribution in [2.75, 3.05) is 11.1 Å². The van der Waals surface area contributed by atoms with Crippen molar-refractivity contribution in [2.45, 2.75) is 0 Å². The van der Waals surface area contributed by atoms with Gasteiger partial charge in [0, 0.05) is 10.2 Å².